The molecule has 0 aliphatic carbocycles. The molecule has 4 nitrogen and oxygen atoms in total. The van der Waals surface area contributed by atoms with E-state index in [1.54, 1.807) is 30.6 Å². The van der Waals surface area contributed by atoms with Crippen LogP contribution in [0.1, 0.15) is 22.8 Å². The number of carboxylic acids is 1. The van der Waals surface area contributed by atoms with Crippen molar-refractivity contribution in [2.75, 3.05) is 6.26 Å². The first kappa shape index (κ1) is 17.4. The Morgan fingerprint density at radius 2 is 1.86 bits per heavy atom. The summed E-state index contributed by atoms with van der Waals surface area (Å²) >= 11 is 1.32. The number of nitrogens with one attached hydrogen (secondary N) is 1. The van der Waals surface area contributed by atoms with Gasteiger partial charge in [-0.2, -0.15) is 13.2 Å². The number of rotatable bonds is 4. The van der Waals surface area contributed by atoms with Gasteiger partial charge >= 0.3 is 12.1 Å². The van der Waals surface area contributed by atoms with Crippen molar-refractivity contribution in [2.24, 2.45) is 0 Å². The van der Waals surface area contributed by atoms with Gasteiger partial charge < -0.3 is 10.4 Å². The van der Waals surface area contributed by atoms with Gasteiger partial charge in [0.15, 0.2) is 0 Å². The van der Waals surface area contributed by atoms with Gasteiger partial charge in [0, 0.05) is 10.5 Å². The van der Waals surface area contributed by atoms with Crippen LogP contribution in [0.25, 0.3) is 0 Å². The molecule has 0 aromatic heterocycles. The number of carboxylic acid groups (broad SMARTS) is 1. The van der Waals surface area contributed by atoms with Gasteiger partial charge in [0.05, 0.1) is 0 Å². The number of halogens is 3. The molecule has 0 fully saturated rings. The Balaban J connectivity index is 3.18. The minimum Gasteiger partial charge on any atom is -0.479 e. The Bertz CT molecular complexity index is 574. The maximum Gasteiger partial charge on any atom is 0.422 e. The zero-order chi connectivity index (χ0) is 16.4. The van der Waals surface area contributed by atoms with Crippen LogP contribution in [0.3, 0.4) is 0 Å². The first-order valence-electron chi connectivity index (χ1n) is 5.80. The van der Waals surface area contributed by atoms with Crippen LogP contribution in [0, 0.1) is 6.92 Å². The molecule has 0 saturated heterocycles. The molecule has 0 saturated carbocycles. The van der Waals surface area contributed by atoms with E-state index in [1.807, 2.05) is 0 Å². The third-order valence-electron chi connectivity index (χ3n) is 3.05. The molecule has 0 aliphatic heterocycles. The monoisotopic (exact) mass is 321 g/mol. The maximum atomic E-state index is 12.9. The predicted octanol–water partition coefficient (Wildman–Crippen LogP) is 2.85. The fourth-order valence-corrected chi connectivity index (χ4v) is 1.95. The molecule has 8 heteroatoms. The van der Waals surface area contributed by atoms with E-state index < -0.39 is 23.6 Å². The molecular weight excluding hydrogens is 307 g/mol. The lowest BCUT2D eigenvalue weighted by molar-refractivity contribution is -0.203. The molecule has 116 valence electrons. The van der Waals surface area contributed by atoms with Crippen LogP contribution >= 0.6 is 11.8 Å². The van der Waals surface area contributed by atoms with Gasteiger partial charge in [-0.1, -0.05) is 6.07 Å². The van der Waals surface area contributed by atoms with Crippen LogP contribution in [0.4, 0.5) is 13.2 Å². The molecule has 0 aliphatic rings. The van der Waals surface area contributed by atoms with Crippen LogP contribution in [0.5, 0.6) is 0 Å². The van der Waals surface area contributed by atoms with Crippen molar-refractivity contribution in [3.8, 4) is 0 Å². The Labute approximate surface area is 123 Å². The van der Waals surface area contributed by atoms with Crippen LogP contribution in [0.2, 0.25) is 0 Å². The van der Waals surface area contributed by atoms with Gasteiger partial charge in [0.2, 0.25) is 5.54 Å². The molecule has 1 aromatic rings. The van der Waals surface area contributed by atoms with E-state index in [0.717, 1.165) is 0 Å². The second-order valence-corrected chi connectivity index (χ2v) is 5.44. The standard InChI is InChI=1S/C13H14F3NO3S/c1-7-4-5-8(21-3)6-9(7)10(18)17-12(2,11(19)20)13(14,15)16/h4-6H,1-3H3,(H,17,18)(H,19,20). The third kappa shape index (κ3) is 3.49. The Morgan fingerprint density at radius 1 is 1.29 bits per heavy atom. The molecule has 1 unspecified atom stereocenters. The summed E-state index contributed by atoms with van der Waals surface area (Å²) in [7, 11) is 0. The highest BCUT2D eigenvalue weighted by Gasteiger charge is 2.58. The number of aliphatic carboxylic acids is 1. The summed E-state index contributed by atoms with van der Waals surface area (Å²) < 4.78 is 38.6. The van der Waals surface area contributed by atoms with Gasteiger partial charge in [0.25, 0.3) is 5.91 Å². The fourth-order valence-electron chi connectivity index (χ4n) is 1.51. The van der Waals surface area contributed by atoms with Crippen molar-refractivity contribution < 1.29 is 27.9 Å². The average molecular weight is 321 g/mol. The van der Waals surface area contributed by atoms with Crippen molar-refractivity contribution in [3.05, 3.63) is 29.3 Å². The summed E-state index contributed by atoms with van der Waals surface area (Å²) in [6.45, 7) is 1.98. The van der Waals surface area contributed by atoms with Crippen LogP contribution in [-0.2, 0) is 4.79 Å². The van der Waals surface area contributed by atoms with E-state index >= 15 is 0 Å². The summed E-state index contributed by atoms with van der Waals surface area (Å²) in [5, 5.41) is 10.4. The van der Waals surface area contributed by atoms with Crippen LogP contribution in [0.15, 0.2) is 23.1 Å². The van der Waals surface area contributed by atoms with Gasteiger partial charge in [0.1, 0.15) is 0 Å². The highest BCUT2D eigenvalue weighted by molar-refractivity contribution is 7.98. The number of hydrogen-bond acceptors (Lipinski definition) is 3. The zero-order valence-electron chi connectivity index (χ0n) is 11.5. The number of alkyl halides is 3. The van der Waals surface area contributed by atoms with Gasteiger partial charge in [-0.05, 0) is 37.8 Å². The van der Waals surface area contributed by atoms with Crippen molar-refractivity contribution in [1.82, 2.24) is 5.32 Å². The summed E-state index contributed by atoms with van der Waals surface area (Å²) in [4.78, 5) is 23.6. The van der Waals surface area contributed by atoms with Gasteiger partial charge in [-0.25, -0.2) is 4.79 Å². The lowest BCUT2D eigenvalue weighted by Crippen LogP contribution is -2.61. The molecule has 0 spiro atoms. The SMILES string of the molecule is CSc1ccc(C)c(C(=O)NC(C)(C(=O)O)C(F)(F)F)c1. The third-order valence-corrected chi connectivity index (χ3v) is 3.77. The molecule has 1 atom stereocenters. The van der Waals surface area contributed by atoms with Gasteiger partial charge in [-0.15, -0.1) is 11.8 Å². The number of aryl methyl sites for hydroxylation is 1. The minimum absolute atomic E-state index is 0.0126. The maximum absolute atomic E-state index is 12.9. The molecule has 21 heavy (non-hydrogen) atoms. The van der Waals surface area contributed by atoms with Crippen molar-refractivity contribution in [2.45, 2.75) is 30.5 Å². The van der Waals surface area contributed by atoms with E-state index in [1.165, 1.54) is 17.8 Å². The summed E-state index contributed by atoms with van der Waals surface area (Å²) in [6, 6.07) is 4.73. The van der Waals surface area contributed by atoms with E-state index in [0.29, 0.717) is 17.4 Å². The molecule has 0 radical (unpaired) electrons. The summed E-state index contributed by atoms with van der Waals surface area (Å²) in [6.07, 6.45) is -3.36. The number of carbonyl (C=O) groups excluding carboxylic acids is 1. The normalized spacial score (nSPS) is 14.4. The zero-order valence-corrected chi connectivity index (χ0v) is 12.4. The Kier molecular flexibility index (Phi) is 4.93. The van der Waals surface area contributed by atoms with E-state index in [2.05, 4.69) is 0 Å². The molecule has 1 amide bonds. The van der Waals surface area contributed by atoms with Crippen LogP contribution < -0.4 is 5.32 Å². The summed E-state index contributed by atoms with van der Waals surface area (Å²) in [5.41, 5.74) is -2.87. The number of benzene rings is 1. The molecular formula is C13H14F3NO3S. The lowest BCUT2D eigenvalue weighted by atomic mass is 10.00. The first-order valence-corrected chi connectivity index (χ1v) is 7.02. The van der Waals surface area contributed by atoms with E-state index in [4.69, 9.17) is 5.11 Å². The fraction of sp³-hybridized carbons (Fsp3) is 0.385. The second-order valence-electron chi connectivity index (χ2n) is 4.56. The number of thioether (sulfide) groups is 1. The second kappa shape index (κ2) is 5.97. The largest absolute Gasteiger partial charge is 0.479 e. The number of amides is 1. The number of carbonyl (C=O) groups is 2. The van der Waals surface area contributed by atoms with Crippen molar-refractivity contribution in [1.29, 1.82) is 0 Å². The predicted molar refractivity (Wildman–Crippen MR) is 72.5 cm³/mol. The van der Waals surface area contributed by atoms with Gasteiger partial charge in [-0.3, -0.25) is 4.79 Å². The lowest BCUT2D eigenvalue weighted by Gasteiger charge is -2.28. The molecule has 0 heterocycles. The molecule has 0 bridgehead atoms. The smallest absolute Gasteiger partial charge is 0.422 e. The van der Waals surface area contributed by atoms with Crippen molar-refractivity contribution in [3.63, 3.8) is 0 Å². The minimum atomic E-state index is -5.11. The number of hydrogen-bond donors (Lipinski definition) is 2. The topological polar surface area (TPSA) is 66.4 Å². The summed E-state index contributed by atoms with van der Waals surface area (Å²) in [5.74, 6) is -3.24. The average Bonchev–Trinajstić information content (AvgIpc) is 2.37. The highest BCUT2D eigenvalue weighted by Crippen LogP contribution is 2.31. The Morgan fingerprint density at radius 3 is 2.29 bits per heavy atom. The Hall–Kier alpha value is -1.70. The molecule has 1 aromatic carbocycles. The van der Waals surface area contributed by atoms with E-state index in [9.17, 15) is 22.8 Å². The highest BCUT2D eigenvalue weighted by atomic mass is 32.2. The quantitative estimate of drug-likeness (QED) is 0.837. The van der Waals surface area contributed by atoms with Crippen molar-refractivity contribution >= 4 is 23.6 Å². The molecule has 1 rings (SSSR count). The van der Waals surface area contributed by atoms with Crippen LogP contribution in [-0.4, -0.2) is 35.0 Å². The first-order chi connectivity index (χ1) is 9.52. The van der Waals surface area contributed by atoms with E-state index in [-0.39, 0.29) is 5.56 Å². The molecule has 2 N–H and O–H groups in total.